The zero-order valence-corrected chi connectivity index (χ0v) is 19.3. The van der Waals surface area contributed by atoms with Crippen molar-refractivity contribution in [3.63, 3.8) is 0 Å². The van der Waals surface area contributed by atoms with Crippen LogP contribution in [0, 0.1) is 0 Å². The second-order valence-electron chi connectivity index (χ2n) is 8.79. The van der Waals surface area contributed by atoms with Crippen molar-refractivity contribution in [2.24, 2.45) is 0 Å². The monoisotopic (exact) mass is 463 g/mol. The van der Waals surface area contributed by atoms with Crippen molar-refractivity contribution in [2.75, 3.05) is 0 Å². The SMILES string of the molecule is [2H]c1c([2H])c([2H])c2c(-c3ccccc3)c3c([2H])c(-c4ccccc4)c([2H])c([2H])c3c(-c3ccc4ccccc4c3)c2c1[2H]. The van der Waals surface area contributed by atoms with Gasteiger partial charge in [0, 0.05) is 0 Å². The normalized spacial score (nSPS) is 14.1. The molecule has 0 heteroatoms. The molecule has 168 valence electrons. The average Bonchev–Trinajstić information content (AvgIpc) is 3.04. The summed E-state index contributed by atoms with van der Waals surface area (Å²) in [6.45, 7) is 0. The highest BCUT2D eigenvalue weighted by molar-refractivity contribution is 6.22. The third-order valence-electron chi connectivity index (χ3n) is 6.66. The first-order valence-electron chi connectivity index (χ1n) is 15.4. The van der Waals surface area contributed by atoms with Gasteiger partial charge < -0.3 is 0 Å². The number of benzene rings is 7. The first-order valence-corrected chi connectivity index (χ1v) is 11.9. The van der Waals surface area contributed by atoms with Gasteiger partial charge in [0.2, 0.25) is 0 Å². The van der Waals surface area contributed by atoms with Gasteiger partial charge in [0.1, 0.15) is 0 Å². The minimum Gasteiger partial charge on any atom is -0.0622 e. The Morgan fingerprint density at radius 3 is 1.69 bits per heavy atom. The third kappa shape index (κ3) is 3.39. The molecule has 0 amide bonds. The van der Waals surface area contributed by atoms with Crippen LogP contribution in [0.3, 0.4) is 0 Å². The van der Waals surface area contributed by atoms with Crippen LogP contribution in [-0.2, 0) is 0 Å². The Kier molecular flexibility index (Phi) is 3.47. The molecule has 0 spiro atoms. The fraction of sp³-hybridized carbons (Fsp3) is 0. The predicted octanol–water partition coefficient (Wildman–Crippen LogP) is 10.1. The molecule has 0 fully saturated rings. The van der Waals surface area contributed by atoms with Crippen LogP contribution in [0.5, 0.6) is 0 Å². The molecule has 7 aromatic carbocycles. The molecule has 7 aromatic rings. The smallest absolute Gasteiger partial charge is 0.0622 e. The Bertz CT molecular complexity index is 2240. The topological polar surface area (TPSA) is 0 Å². The van der Waals surface area contributed by atoms with Crippen molar-refractivity contribution in [1.29, 1.82) is 0 Å². The van der Waals surface area contributed by atoms with E-state index < -0.39 is 0 Å². The van der Waals surface area contributed by atoms with E-state index in [9.17, 15) is 2.74 Å². The quantitative estimate of drug-likeness (QED) is 0.229. The van der Waals surface area contributed by atoms with Gasteiger partial charge in [-0.05, 0) is 77.8 Å². The Balaban J connectivity index is 1.83. The molecule has 36 heavy (non-hydrogen) atoms. The van der Waals surface area contributed by atoms with Crippen molar-refractivity contribution in [3.8, 4) is 33.4 Å². The standard InChI is InChI=1S/C36H24/c1-3-11-25(12-4-1)29-21-22-33-34(24-29)35(27-14-5-2-6-15-27)31-17-9-10-18-32(31)36(33)30-20-19-26-13-7-8-16-28(26)23-30/h1-24H/i9D,10D,17D,18D,21D,22D,24D. The van der Waals surface area contributed by atoms with Gasteiger partial charge in [-0.15, -0.1) is 0 Å². The summed E-state index contributed by atoms with van der Waals surface area (Å²) < 4.78 is 63.6. The maximum Gasteiger partial charge on any atom is 0.0636 e. The van der Waals surface area contributed by atoms with Crippen molar-refractivity contribution in [2.45, 2.75) is 0 Å². The van der Waals surface area contributed by atoms with Gasteiger partial charge in [-0.2, -0.15) is 0 Å². The molecule has 0 saturated carbocycles. The molecule has 0 aliphatic heterocycles. The summed E-state index contributed by atoms with van der Waals surface area (Å²) in [5.74, 6) is 0. The van der Waals surface area contributed by atoms with Gasteiger partial charge in [0.05, 0.1) is 9.60 Å². The molecule has 0 heterocycles. The molecule has 0 aliphatic rings. The molecule has 0 saturated heterocycles. The summed E-state index contributed by atoms with van der Waals surface area (Å²) >= 11 is 0. The zero-order valence-electron chi connectivity index (χ0n) is 26.3. The van der Waals surface area contributed by atoms with Gasteiger partial charge in [0.15, 0.2) is 0 Å². The van der Waals surface area contributed by atoms with Crippen LogP contribution in [0.15, 0.2) is 145 Å². The van der Waals surface area contributed by atoms with E-state index in [4.69, 9.17) is 6.85 Å². The van der Waals surface area contributed by atoms with E-state index in [1.165, 1.54) is 0 Å². The third-order valence-corrected chi connectivity index (χ3v) is 6.66. The molecule has 7 rings (SSSR count). The van der Waals surface area contributed by atoms with Crippen LogP contribution in [0.2, 0.25) is 0 Å². The molecule has 0 nitrogen and oxygen atoms in total. The number of hydrogen-bond acceptors (Lipinski definition) is 0. The molecule has 0 radical (unpaired) electrons. The van der Waals surface area contributed by atoms with E-state index in [0.717, 1.165) is 10.8 Å². The fourth-order valence-electron chi connectivity index (χ4n) is 4.99. The second kappa shape index (κ2) is 8.52. The maximum absolute atomic E-state index is 9.59. The molecule has 0 bridgehead atoms. The molecule has 0 unspecified atom stereocenters. The van der Waals surface area contributed by atoms with Crippen molar-refractivity contribution >= 4 is 32.3 Å². The lowest BCUT2D eigenvalue weighted by Gasteiger charge is -2.19. The average molecular weight is 464 g/mol. The summed E-state index contributed by atoms with van der Waals surface area (Å²) in [5, 5.41) is 3.19. The van der Waals surface area contributed by atoms with E-state index >= 15 is 0 Å². The van der Waals surface area contributed by atoms with Gasteiger partial charge in [0.25, 0.3) is 0 Å². The Morgan fingerprint density at radius 2 is 0.972 bits per heavy atom. The van der Waals surface area contributed by atoms with Gasteiger partial charge in [-0.3, -0.25) is 0 Å². The van der Waals surface area contributed by atoms with Crippen LogP contribution in [0.4, 0.5) is 0 Å². The molecule has 0 aliphatic carbocycles. The first kappa shape index (κ1) is 14.7. The lowest BCUT2D eigenvalue weighted by molar-refractivity contribution is 1.63. The Hall–Kier alpha value is -4.68. The minimum absolute atomic E-state index is 0.0393. The minimum atomic E-state index is -0.373. The van der Waals surface area contributed by atoms with Crippen LogP contribution >= 0.6 is 0 Å². The molecular weight excluding hydrogens is 432 g/mol. The van der Waals surface area contributed by atoms with Gasteiger partial charge in [-0.25, -0.2) is 0 Å². The highest BCUT2D eigenvalue weighted by Gasteiger charge is 2.17. The van der Waals surface area contributed by atoms with Crippen LogP contribution in [-0.4, -0.2) is 0 Å². The van der Waals surface area contributed by atoms with Crippen LogP contribution in [0.1, 0.15) is 9.60 Å². The number of rotatable bonds is 3. The Morgan fingerprint density at radius 1 is 0.389 bits per heavy atom. The Labute approximate surface area is 220 Å². The lowest BCUT2D eigenvalue weighted by atomic mass is 9.84. The van der Waals surface area contributed by atoms with Crippen LogP contribution in [0.25, 0.3) is 65.7 Å². The van der Waals surface area contributed by atoms with Gasteiger partial charge >= 0.3 is 0 Å². The predicted molar refractivity (Wildman–Crippen MR) is 155 cm³/mol. The summed E-state index contributed by atoms with van der Waals surface area (Å²) in [6, 6.07) is 30.7. The molecule has 0 N–H and O–H groups in total. The van der Waals surface area contributed by atoms with Crippen molar-refractivity contribution in [3.05, 3.63) is 145 Å². The summed E-state index contributed by atoms with van der Waals surface area (Å²) in [6.07, 6.45) is 0. The molecule has 0 atom stereocenters. The van der Waals surface area contributed by atoms with Crippen LogP contribution < -0.4 is 0 Å². The van der Waals surface area contributed by atoms with E-state index in [-0.39, 0.29) is 53.1 Å². The van der Waals surface area contributed by atoms with E-state index in [1.807, 2.05) is 103 Å². The number of fused-ring (bicyclic) bond motifs is 3. The van der Waals surface area contributed by atoms with E-state index in [0.29, 0.717) is 44.2 Å². The van der Waals surface area contributed by atoms with Crippen molar-refractivity contribution in [1.82, 2.24) is 0 Å². The largest absolute Gasteiger partial charge is 0.0636 e. The van der Waals surface area contributed by atoms with E-state index in [2.05, 4.69) is 0 Å². The summed E-state index contributed by atoms with van der Waals surface area (Å²) in [5.41, 5.74) is 3.14. The lowest BCUT2D eigenvalue weighted by Crippen LogP contribution is -1.91. The zero-order chi connectivity index (χ0) is 30.0. The van der Waals surface area contributed by atoms with Gasteiger partial charge in [-0.1, -0.05) is 133 Å². The van der Waals surface area contributed by atoms with E-state index in [1.54, 1.807) is 0 Å². The summed E-state index contributed by atoms with van der Waals surface area (Å²) in [4.78, 5) is 0. The van der Waals surface area contributed by atoms with Crippen molar-refractivity contribution < 1.29 is 9.60 Å². The first-order chi connectivity index (χ1) is 20.8. The summed E-state index contributed by atoms with van der Waals surface area (Å²) in [7, 11) is 0. The highest BCUT2D eigenvalue weighted by Crippen LogP contribution is 2.45. The molecular formula is C36H24. The molecule has 0 aromatic heterocycles. The maximum atomic E-state index is 9.59. The number of hydrogen-bond donors (Lipinski definition) is 0. The highest BCUT2D eigenvalue weighted by atomic mass is 14.2. The fourth-order valence-corrected chi connectivity index (χ4v) is 4.99. The second-order valence-corrected chi connectivity index (χ2v) is 8.79.